The van der Waals surface area contributed by atoms with Crippen LogP contribution in [-0.2, 0) is 26.0 Å². The minimum absolute atomic E-state index is 0.0703. The smallest absolute Gasteiger partial charge is 0.264 e. The number of anilines is 1. The maximum atomic E-state index is 13.8. The van der Waals surface area contributed by atoms with Crippen LogP contribution in [0.4, 0.5) is 5.69 Å². The number of ether oxygens (including phenoxy) is 1. The first-order valence-electron chi connectivity index (χ1n) is 12.5. The molecular formula is C29H35N3O5S. The zero-order valence-corrected chi connectivity index (χ0v) is 23.1. The topological polar surface area (TPSA) is 96.0 Å². The quantitative estimate of drug-likeness (QED) is 0.379. The van der Waals surface area contributed by atoms with Crippen molar-refractivity contribution >= 4 is 27.5 Å². The molecule has 0 radical (unpaired) electrons. The van der Waals surface area contributed by atoms with Gasteiger partial charge in [0.15, 0.2) is 0 Å². The normalized spacial score (nSPS) is 11.9. The van der Waals surface area contributed by atoms with Crippen LogP contribution in [0.1, 0.15) is 24.5 Å². The molecule has 202 valence electrons. The van der Waals surface area contributed by atoms with E-state index in [-0.39, 0.29) is 17.3 Å². The molecular weight excluding hydrogens is 502 g/mol. The molecule has 0 spiro atoms. The minimum Gasteiger partial charge on any atom is -0.497 e. The van der Waals surface area contributed by atoms with Gasteiger partial charge >= 0.3 is 0 Å². The van der Waals surface area contributed by atoms with Gasteiger partial charge in [0, 0.05) is 13.6 Å². The number of likely N-dealkylation sites (N-methyl/N-ethyl adjacent to an activating group) is 1. The molecule has 0 aliphatic rings. The Balaban J connectivity index is 2.00. The lowest BCUT2D eigenvalue weighted by Gasteiger charge is -2.33. The fourth-order valence-electron chi connectivity index (χ4n) is 4.18. The van der Waals surface area contributed by atoms with E-state index < -0.39 is 28.5 Å². The van der Waals surface area contributed by atoms with Crippen LogP contribution in [0.5, 0.6) is 5.75 Å². The number of aryl methyl sites for hydroxylation is 1. The highest BCUT2D eigenvalue weighted by Gasteiger charge is 2.33. The van der Waals surface area contributed by atoms with Gasteiger partial charge in [0.25, 0.3) is 10.0 Å². The molecule has 8 nitrogen and oxygen atoms in total. The summed E-state index contributed by atoms with van der Waals surface area (Å²) in [5, 5.41) is 2.63. The first-order chi connectivity index (χ1) is 18.2. The Morgan fingerprint density at radius 2 is 1.58 bits per heavy atom. The van der Waals surface area contributed by atoms with Crippen molar-refractivity contribution < 1.29 is 22.7 Å². The summed E-state index contributed by atoms with van der Waals surface area (Å²) < 4.78 is 33.9. The molecule has 0 aliphatic heterocycles. The Bertz CT molecular complexity index is 1310. The molecule has 1 atom stereocenters. The standard InChI is InChI=1S/C29H35N3O5S/c1-5-27(29(34)30-3)31(20-19-23-9-7-6-8-10-23)28(33)21-32(24-13-15-25(37-4)16-14-24)38(35,36)26-17-11-22(2)12-18-26/h6-18,27H,5,19-21H2,1-4H3,(H,30,34)/t27-/m1/s1. The number of rotatable bonds is 12. The van der Waals surface area contributed by atoms with E-state index >= 15 is 0 Å². The summed E-state index contributed by atoms with van der Waals surface area (Å²) in [5.41, 5.74) is 2.24. The molecule has 9 heteroatoms. The van der Waals surface area contributed by atoms with Gasteiger partial charge < -0.3 is 15.0 Å². The van der Waals surface area contributed by atoms with Crippen molar-refractivity contribution in [1.29, 1.82) is 0 Å². The first-order valence-corrected chi connectivity index (χ1v) is 13.9. The molecule has 3 aromatic rings. The monoisotopic (exact) mass is 537 g/mol. The van der Waals surface area contributed by atoms with E-state index in [4.69, 9.17) is 4.74 Å². The summed E-state index contributed by atoms with van der Waals surface area (Å²) in [5.74, 6) is -0.211. The van der Waals surface area contributed by atoms with E-state index in [1.807, 2.05) is 44.2 Å². The Kier molecular flexibility index (Phi) is 9.90. The number of nitrogens with one attached hydrogen (secondary N) is 1. The van der Waals surface area contributed by atoms with Gasteiger partial charge in [-0.15, -0.1) is 0 Å². The van der Waals surface area contributed by atoms with Crippen molar-refractivity contribution in [1.82, 2.24) is 10.2 Å². The lowest BCUT2D eigenvalue weighted by atomic mass is 10.1. The molecule has 0 aromatic heterocycles. The summed E-state index contributed by atoms with van der Waals surface area (Å²) in [6.45, 7) is 3.49. The number of carbonyl (C=O) groups excluding carboxylic acids is 2. The Morgan fingerprint density at radius 3 is 2.13 bits per heavy atom. The van der Waals surface area contributed by atoms with Crippen LogP contribution in [0.15, 0.2) is 83.8 Å². The molecule has 0 bridgehead atoms. The van der Waals surface area contributed by atoms with Gasteiger partial charge in [0.05, 0.1) is 17.7 Å². The van der Waals surface area contributed by atoms with Gasteiger partial charge in [0.1, 0.15) is 18.3 Å². The van der Waals surface area contributed by atoms with Crippen molar-refractivity contribution in [2.24, 2.45) is 0 Å². The van der Waals surface area contributed by atoms with E-state index in [0.29, 0.717) is 24.3 Å². The van der Waals surface area contributed by atoms with E-state index in [1.165, 1.54) is 31.2 Å². The van der Waals surface area contributed by atoms with E-state index in [1.54, 1.807) is 36.4 Å². The molecule has 0 fully saturated rings. The highest BCUT2D eigenvalue weighted by Crippen LogP contribution is 2.26. The summed E-state index contributed by atoms with van der Waals surface area (Å²) in [4.78, 5) is 28.1. The van der Waals surface area contributed by atoms with Gasteiger partial charge in [0.2, 0.25) is 11.8 Å². The van der Waals surface area contributed by atoms with Crippen LogP contribution in [0.25, 0.3) is 0 Å². The van der Waals surface area contributed by atoms with Crippen molar-refractivity contribution in [3.63, 3.8) is 0 Å². The second kappa shape index (κ2) is 13.1. The van der Waals surface area contributed by atoms with Crippen LogP contribution >= 0.6 is 0 Å². The van der Waals surface area contributed by atoms with Gasteiger partial charge in [-0.2, -0.15) is 0 Å². The fraction of sp³-hybridized carbons (Fsp3) is 0.310. The lowest BCUT2D eigenvalue weighted by Crippen LogP contribution is -2.52. The summed E-state index contributed by atoms with van der Waals surface area (Å²) in [6.07, 6.45) is 0.904. The third-order valence-electron chi connectivity index (χ3n) is 6.36. The predicted molar refractivity (Wildman–Crippen MR) is 149 cm³/mol. The van der Waals surface area contributed by atoms with Crippen LogP contribution in [0.3, 0.4) is 0 Å². The third-order valence-corrected chi connectivity index (χ3v) is 8.15. The maximum absolute atomic E-state index is 13.8. The molecule has 38 heavy (non-hydrogen) atoms. The zero-order chi connectivity index (χ0) is 27.7. The van der Waals surface area contributed by atoms with E-state index in [9.17, 15) is 18.0 Å². The average molecular weight is 538 g/mol. The summed E-state index contributed by atoms with van der Waals surface area (Å²) in [7, 11) is -1.05. The molecule has 0 saturated heterocycles. The van der Waals surface area contributed by atoms with Crippen molar-refractivity contribution in [2.45, 2.75) is 37.6 Å². The van der Waals surface area contributed by atoms with Crippen molar-refractivity contribution in [2.75, 3.05) is 31.6 Å². The maximum Gasteiger partial charge on any atom is 0.264 e. The van der Waals surface area contributed by atoms with Gasteiger partial charge in [-0.3, -0.25) is 13.9 Å². The number of hydrogen-bond acceptors (Lipinski definition) is 5. The van der Waals surface area contributed by atoms with Gasteiger partial charge in [-0.25, -0.2) is 8.42 Å². The van der Waals surface area contributed by atoms with Crippen LogP contribution in [0, 0.1) is 6.92 Å². The van der Waals surface area contributed by atoms with Crippen LogP contribution < -0.4 is 14.4 Å². The summed E-state index contributed by atoms with van der Waals surface area (Å²) >= 11 is 0. The molecule has 2 amide bonds. The van der Waals surface area contributed by atoms with E-state index in [0.717, 1.165) is 15.4 Å². The number of hydrogen-bond donors (Lipinski definition) is 1. The van der Waals surface area contributed by atoms with Crippen molar-refractivity contribution in [3.8, 4) is 5.75 Å². The first kappa shape index (κ1) is 28.7. The van der Waals surface area contributed by atoms with Crippen LogP contribution in [-0.4, -0.2) is 58.4 Å². The molecule has 3 rings (SSSR count). The van der Waals surface area contributed by atoms with E-state index in [2.05, 4.69) is 5.32 Å². The number of amides is 2. The molecule has 0 unspecified atom stereocenters. The molecule has 0 saturated carbocycles. The minimum atomic E-state index is -4.10. The third kappa shape index (κ3) is 6.92. The highest BCUT2D eigenvalue weighted by atomic mass is 32.2. The predicted octanol–water partition coefficient (Wildman–Crippen LogP) is 3.79. The Labute approximate surface area is 225 Å². The average Bonchev–Trinajstić information content (AvgIpc) is 2.94. The second-order valence-electron chi connectivity index (χ2n) is 8.88. The molecule has 1 N–H and O–H groups in total. The lowest BCUT2D eigenvalue weighted by molar-refractivity contribution is -0.139. The second-order valence-corrected chi connectivity index (χ2v) is 10.7. The van der Waals surface area contributed by atoms with Crippen LogP contribution in [0.2, 0.25) is 0 Å². The largest absolute Gasteiger partial charge is 0.497 e. The molecule has 3 aromatic carbocycles. The molecule has 0 aliphatic carbocycles. The summed E-state index contributed by atoms with van der Waals surface area (Å²) in [6, 6.07) is 21.9. The Morgan fingerprint density at radius 1 is 0.947 bits per heavy atom. The number of carbonyl (C=O) groups is 2. The zero-order valence-electron chi connectivity index (χ0n) is 22.3. The number of sulfonamides is 1. The molecule has 0 heterocycles. The number of methoxy groups -OCH3 is 1. The van der Waals surface area contributed by atoms with Gasteiger partial charge in [-0.1, -0.05) is 55.0 Å². The Hall–Kier alpha value is -3.85. The SMILES string of the molecule is CC[C@H](C(=O)NC)N(CCc1ccccc1)C(=O)CN(c1ccc(OC)cc1)S(=O)(=O)c1ccc(C)cc1. The van der Waals surface area contributed by atoms with Crippen molar-refractivity contribution in [3.05, 3.63) is 90.0 Å². The number of nitrogens with zero attached hydrogens (tertiary/aromatic N) is 2. The highest BCUT2D eigenvalue weighted by molar-refractivity contribution is 7.92. The fourth-order valence-corrected chi connectivity index (χ4v) is 5.59. The van der Waals surface area contributed by atoms with Gasteiger partial charge in [-0.05, 0) is 61.7 Å². The number of benzene rings is 3.